The van der Waals surface area contributed by atoms with Crippen molar-refractivity contribution < 1.29 is 19.4 Å². The largest absolute Gasteiger partial charge is 0.493 e. The zero-order valence-corrected chi connectivity index (χ0v) is 18.1. The van der Waals surface area contributed by atoms with Crippen LogP contribution in [0.1, 0.15) is 27.0 Å². The number of carboxylic acids is 1. The highest BCUT2D eigenvalue weighted by Crippen LogP contribution is 2.34. The molecule has 5 nitrogen and oxygen atoms in total. The molecule has 0 amide bonds. The van der Waals surface area contributed by atoms with Gasteiger partial charge in [-0.25, -0.2) is 4.79 Å². The maximum atomic E-state index is 11.3. The topological polar surface area (TPSA) is 67.8 Å². The fourth-order valence-corrected chi connectivity index (χ4v) is 3.48. The van der Waals surface area contributed by atoms with E-state index in [0.29, 0.717) is 33.7 Å². The van der Waals surface area contributed by atoms with Crippen molar-refractivity contribution in [2.75, 3.05) is 12.4 Å². The molecule has 2 N–H and O–H groups in total. The SMILES string of the molecule is COc1cccc(CNc2cc(C(=O)O)ccc2C)c1OCc1c(Cl)cccc1Cl. The van der Waals surface area contributed by atoms with E-state index in [1.807, 2.05) is 25.1 Å². The summed E-state index contributed by atoms with van der Waals surface area (Å²) < 4.78 is 11.5. The van der Waals surface area contributed by atoms with Crippen LogP contribution in [0.25, 0.3) is 0 Å². The fraction of sp³-hybridized carbons (Fsp3) is 0.174. The van der Waals surface area contributed by atoms with Gasteiger partial charge in [-0.05, 0) is 42.8 Å². The van der Waals surface area contributed by atoms with E-state index >= 15 is 0 Å². The van der Waals surface area contributed by atoms with Crippen LogP contribution in [0.3, 0.4) is 0 Å². The molecule has 30 heavy (non-hydrogen) atoms. The number of benzene rings is 3. The molecule has 3 rings (SSSR count). The molecule has 0 saturated carbocycles. The van der Waals surface area contributed by atoms with Crippen LogP contribution in [0.5, 0.6) is 11.5 Å². The number of hydrogen-bond donors (Lipinski definition) is 2. The van der Waals surface area contributed by atoms with Gasteiger partial charge in [-0.2, -0.15) is 0 Å². The molecular formula is C23H21Cl2NO4. The molecule has 156 valence electrons. The quantitative estimate of drug-likeness (QED) is 0.431. The minimum atomic E-state index is -0.972. The van der Waals surface area contributed by atoms with Crippen molar-refractivity contribution in [1.82, 2.24) is 0 Å². The highest BCUT2D eigenvalue weighted by Gasteiger charge is 2.14. The van der Waals surface area contributed by atoms with Crippen LogP contribution in [0.15, 0.2) is 54.6 Å². The summed E-state index contributed by atoms with van der Waals surface area (Å²) in [5.74, 6) is 0.170. The number of rotatable bonds is 8. The number of anilines is 1. The Bertz CT molecular complexity index is 1050. The molecule has 0 bridgehead atoms. The molecule has 3 aromatic carbocycles. The number of aromatic carboxylic acids is 1. The van der Waals surface area contributed by atoms with Crippen LogP contribution in [-0.4, -0.2) is 18.2 Å². The van der Waals surface area contributed by atoms with Crippen LogP contribution in [0, 0.1) is 6.92 Å². The summed E-state index contributed by atoms with van der Waals surface area (Å²) in [7, 11) is 1.57. The van der Waals surface area contributed by atoms with Gasteiger partial charge in [0.05, 0.1) is 12.7 Å². The lowest BCUT2D eigenvalue weighted by atomic mass is 10.1. The average Bonchev–Trinajstić information content (AvgIpc) is 2.73. The third-order valence-electron chi connectivity index (χ3n) is 4.66. The predicted molar refractivity (Wildman–Crippen MR) is 119 cm³/mol. The van der Waals surface area contributed by atoms with Crippen LogP contribution < -0.4 is 14.8 Å². The lowest BCUT2D eigenvalue weighted by Crippen LogP contribution is -2.07. The number of aryl methyl sites for hydroxylation is 1. The van der Waals surface area contributed by atoms with Gasteiger partial charge in [-0.1, -0.05) is 47.5 Å². The number of methoxy groups -OCH3 is 1. The lowest BCUT2D eigenvalue weighted by Gasteiger charge is -2.17. The van der Waals surface area contributed by atoms with Crippen LogP contribution in [-0.2, 0) is 13.2 Å². The Morgan fingerprint density at radius 2 is 1.77 bits per heavy atom. The number of carboxylic acid groups (broad SMARTS) is 1. The van der Waals surface area contributed by atoms with Gasteiger partial charge in [0.2, 0.25) is 0 Å². The number of para-hydroxylation sites is 1. The Balaban J connectivity index is 1.84. The summed E-state index contributed by atoms with van der Waals surface area (Å²) in [5, 5.41) is 13.6. The standard InChI is InChI=1S/C23H21Cl2NO4/c1-14-9-10-15(23(27)28)11-20(14)26-12-16-5-3-8-21(29-2)22(16)30-13-17-18(24)6-4-7-19(17)25/h3-11,26H,12-13H2,1-2H3,(H,27,28). The Morgan fingerprint density at radius 1 is 1.07 bits per heavy atom. The van der Waals surface area contributed by atoms with E-state index in [2.05, 4.69) is 5.32 Å². The van der Waals surface area contributed by atoms with Crippen molar-refractivity contribution in [2.45, 2.75) is 20.1 Å². The van der Waals surface area contributed by atoms with E-state index in [4.69, 9.17) is 32.7 Å². The summed E-state index contributed by atoms with van der Waals surface area (Å²) in [5.41, 5.74) is 3.43. The van der Waals surface area contributed by atoms with Gasteiger partial charge in [0.1, 0.15) is 6.61 Å². The Hall–Kier alpha value is -2.89. The number of nitrogens with one attached hydrogen (secondary N) is 1. The van der Waals surface area contributed by atoms with Crippen molar-refractivity contribution in [2.24, 2.45) is 0 Å². The smallest absolute Gasteiger partial charge is 0.335 e. The zero-order valence-electron chi connectivity index (χ0n) is 16.5. The van der Waals surface area contributed by atoms with Gasteiger partial charge in [0, 0.05) is 33.4 Å². The lowest BCUT2D eigenvalue weighted by molar-refractivity contribution is 0.0697. The van der Waals surface area contributed by atoms with Crippen molar-refractivity contribution in [1.29, 1.82) is 0 Å². The van der Waals surface area contributed by atoms with E-state index in [9.17, 15) is 9.90 Å². The van der Waals surface area contributed by atoms with Crippen molar-refractivity contribution in [3.8, 4) is 11.5 Å². The monoisotopic (exact) mass is 445 g/mol. The van der Waals surface area contributed by atoms with Gasteiger partial charge < -0.3 is 19.9 Å². The minimum Gasteiger partial charge on any atom is -0.493 e. The van der Waals surface area contributed by atoms with E-state index in [1.165, 1.54) is 0 Å². The Kier molecular flexibility index (Phi) is 7.08. The highest BCUT2D eigenvalue weighted by atomic mass is 35.5. The van der Waals surface area contributed by atoms with Crippen molar-refractivity contribution in [3.63, 3.8) is 0 Å². The summed E-state index contributed by atoms with van der Waals surface area (Å²) in [6.45, 7) is 2.50. The maximum Gasteiger partial charge on any atom is 0.335 e. The summed E-state index contributed by atoms with van der Waals surface area (Å²) in [6, 6.07) is 15.8. The molecule has 0 aliphatic carbocycles. The fourth-order valence-electron chi connectivity index (χ4n) is 2.98. The van der Waals surface area contributed by atoms with Crippen molar-refractivity contribution >= 4 is 34.9 Å². The normalized spacial score (nSPS) is 10.5. The highest BCUT2D eigenvalue weighted by molar-refractivity contribution is 6.35. The first-order valence-electron chi connectivity index (χ1n) is 9.20. The van der Waals surface area contributed by atoms with E-state index in [0.717, 1.165) is 16.8 Å². The van der Waals surface area contributed by atoms with Crippen LogP contribution in [0.4, 0.5) is 5.69 Å². The second kappa shape index (κ2) is 9.74. The van der Waals surface area contributed by atoms with Crippen molar-refractivity contribution in [3.05, 3.63) is 86.9 Å². The third-order valence-corrected chi connectivity index (χ3v) is 5.36. The Labute approximate surface area is 185 Å². The molecular weight excluding hydrogens is 425 g/mol. The van der Waals surface area contributed by atoms with E-state index in [1.54, 1.807) is 43.5 Å². The summed E-state index contributed by atoms with van der Waals surface area (Å²) in [4.78, 5) is 11.3. The van der Waals surface area contributed by atoms with Gasteiger partial charge in [-0.15, -0.1) is 0 Å². The average molecular weight is 446 g/mol. The second-order valence-electron chi connectivity index (χ2n) is 6.63. The van der Waals surface area contributed by atoms with Gasteiger partial charge in [0.15, 0.2) is 11.5 Å². The third kappa shape index (κ3) is 4.99. The molecule has 3 aromatic rings. The maximum absolute atomic E-state index is 11.3. The van der Waals surface area contributed by atoms with E-state index in [-0.39, 0.29) is 12.2 Å². The second-order valence-corrected chi connectivity index (χ2v) is 7.44. The first kappa shape index (κ1) is 21.8. The molecule has 7 heteroatoms. The number of carbonyl (C=O) groups is 1. The van der Waals surface area contributed by atoms with Crippen LogP contribution >= 0.6 is 23.2 Å². The number of hydrogen-bond acceptors (Lipinski definition) is 4. The van der Waals surface area contributed by atoms with Gasteiger partial charge in [-0.3, -0.25) is 0 Å². The molecule has 0 atom stereocenters. The zero-order chi connectivity index (χ0) is 21.7. The minimum absolute atomic E-state index is 0.180. The number of ether oxygens (including phenoxy) is 2. The van der Waals surface area contributed by atoms with Gasteiger partial charge >= 0.3 is 5.97 Å². The summed E-state index contributed by atoms with van der Waals surface area (Å²) in [6.07, 6.45) is 0. The molecule has 0 spiro atoms. The first-order chi connectivity index (χ1) is 14.4. The Morgan fingerprint density at radius 3 is 2.43 bits per heavy atom. The summed E-state index contributed by atoms with van der Waals surface area (Å²) >= 11 is 12.5. The first-order valence-corrected chi connectivity index (χ1v) is 9.95. The number of halogens is 2. The van der Waals surface area contributed by atoms with Crippen LogP contribution in [0.2, 0.25) is 10.0 Å². The molecule has 0 unspecified atom stereocenters. The van der Waals surface area contributed by atoms with Gasteiger partial charge in [0.25, 0.3) is 0 Å². The molecule has 0 heterocycles. The molecule has 0 aromatic heterocycles. The molecule has 0 radical (unpaired) electrons. The molecule has 0 saturated heterocycles. The molecule has 0 aliphatic heterocycles. The predicted octanol–water partition coefficient (Wildman–Crippen LogP) is 6.20. The molecule has 0 fully saturated rings. The molecule has 0 aliphatic rings. The van der Waals surface area contributed by atoms with E-state index < -0.39 is 5.97 Å².